The molecule has 0 aliphatic heterocycles. The van der Waals surface area contributed by atoms with E-state index in [0.29, 0.717) is 44.3 Å². The van der Waals surface area contributed by atoms with Gasteiger partial charge in [-0.15, -0.1) is 0 Å². The van der Waals surface area contributed by atoms with Crippen molar-refractivity contribution in [2.24, 2.45) is 7.05 Å². The zero-order valence-corrected chi connectivity index (χ0v) is 17.5. The molecule has 7 nitrogen and oxygen atoms in total. The Kier molecular flexibility index (Phi) is 5.70. The maximum atomic E-state index is 13.1. The third-order valence-corrected chi connectivity index (χ3v) is 5.07. The van der Waals surface area contributed by atoms with Gasteiger partial charge >= 0.3 is 0 Å². The molecule has 2 aromatic carbocycles. The van der Waals surface area contributed by atoms with Crippen LogP contribution in [0.3, 0.4) is 0 Å². The topological polar surface area (TPSA) is 78.8 Å². The highest BCUT2D eigenvalue weighted by atomic mass is 35.5. The number of methoxy groups -OCH3 is 3. The summed E-state index contributed by atoms with van der Waals surface area (Å²) in [6, 6.07) is 6.56. The number of nitrogens with one attached hydrogen (secondary N) is 1. The van der Waals surface area contributed by atoms with Crippen LogP contribution in [0.15, 0.2) is 35.3 Å². The van der Waals surface area contributed by atoms with E-state index < -0.39 is 5.91 Å². The van der Waals surface area contributed by atoms with Gasteiger partial charge in [-0.05, 0) is 30.7 Å². The Hall–Kier alpha value is -3.19. The smallest absolute Gasteiger partial charge is 0.258 e. The number of aryl methyl sites for hydroxylation is 2. The summed E-state index contributed by atoms with van der Waals surface area (Å²) in [4.78, 5) is 25.7. The number of hydrogen-bond donors (Lipinski definition) is 1. The lowest BCUT2D eigenvalue weighted by atomic mass is 10.1. The number of anilines is 1. The molecule has 1 aromatic heterocycles. The van der Waals surface area contributed by atoms with Crippen LogP contribution in [0.4, 0.5) is 5.69 Å². The molecule has 0 aliphatic carbocycles. The third-order valence-electron chi connectivity index (χ3n) is 4.66. The number of pyridine rings is 1. The number of amides is 1. The van der Waals surface area contributed by atoms with Gasteiger partial charge in [0.25, 0.3) is 11.5 Å². The van der Waals surface area contributed by atoms with Gasteiger partial charge in [-0.2, -0.15) is 0 Å². The van der Waals surface area contributed by atoms with Crippen LogP contribution in [-0.2, 0) is 7.05 Å². The van der Waals surface area contributed by atoms with Crippen molar-refractivity contribution in [1.29, 1.82) is 0 Å². The van der Waals surface area contributed by atoms with Crippen molar-refractivity contribution < 1.29 is 19.0 Å². The average Bonchev–Trinajstić information content (AvgIpc) is 2.71. The quantitative estimate of drug-likeness (QED) is 0.684. The fourth-order valence-corrected chi connectivity index (χ4v) is 3.24. The highest BCUT2D eigenvalue weighted by Gasteiger charge is 2.19. The van der Waals surface area contributed by atoms with Crippen LogP contribution in [0.5, 0.6) is 17.2 Å². The number of aromatic nitrogens is 1. The number of ether oxygens (including phenoxy) is 3. The summed E-state index contributed by atoms with van der Waals surface area (Å²) in [6.45, 7) is 1.83. The molecule has 1 heterocycles. The molecule has 29 heavy (non-hydrogen) atoms. The van der Waals surface area contributed by atoms with E-state index in [2.05, 4.69) is 5.32 Å². The van der Waals surface area contributed by atoms with Gasteiger partial charge in [0.2, 0.25) is 0 Å². The fourth-order valence-electron chi connectivity index (χ4n) is 3.09. The molecule has 0 unspecified atom stereocenters. The average molecular weight is 417 g/mol. The van der Waals surface area contributed by atoms with Gasteiger partial charge in [0.05, 0.1) is 38.0 Å². The number of nitrogens with zero attached hydrogens (tertiary/aromatic N) is 1. The minimum absolute atomic E-state index is 0.252. The first-order valence-electron chi connectivity index (χ1n) is 8.71. The maximum absolute atomic E-state index is 13.1. The van der Waals surface area contributed by atoms with E-state index in [9.17, 15) is 9.59 Å². The molecular weight excluding hydrogens is 396 g/mol. The molecule has 8 heteroatoms. The monoisotopic (exact) mass is 416 g/mol. The van der Waals surface area contributed by atoms with Gasteiger partial charge in [0.1, 0.15) is 5.75 Å². The lowest BCUT2D eigenvalue weighted by molar-refractivity contribution is 0.102. The molecular formula is C21H21ClN2O5. The van der Waals surface area contributed by atoms with E-state index in [1.807, 2.05) is 6.92 Å². The summed E-state index contributed by atoms with van der Waals surface area (Å²) >= 11 is 6.14. The number of benzene rings is 2. The van der Waals surface area contributed by atoms with Crippen molar-refractivity contribution in [2.45, 2.75) is 6.92 Å². The molecule has 0 saturated heterocycles. The van der Waals surface area contributed by atoms with Crippen LogP contribution < -0.4 is 25.1 Å². The minimum atomic E-state index is -0.405. The summed E-state index contributed by atoms with van der Waals surface area (Å²) in [5.41, 5.74) is 1.32. The minimum Gasteiger partial charge on any atom is -0.495 e. The second-order valence-corrected chi connectivity index (χ2v) is 6.87. The summed E-state index contributed by atoms with van der Waals surface area (Å²) in [5.74, 6) is 0.854. The van der Waals surface area contributed by atoms with Crippen molar-refractivity contribution in [3.63, 3.8) is 0 Å². The molecule has 0 bridgehead atoms. The molecule has 0 radical (unpaired) electrons. The zero-order chi connectivity index (χ0) is 21.3. The van der Waals surface area contributed by atoms with Crippen molar-refractivity contribution in [2.75, 3.05) is 26.6 Å². The number of halogens is 1. The van der Waals surface area contributed by atoms with Gasteiger partial charge in [-0.25, -0.2) is 0 Å². The van der Waals surface area contributed by atoms with Crippen LogP contribution in [-0.4, -0.2) is 31.8 Å². The van der Waals surface area contributed by atoms with Crippen LogP contribution in [0, 0.1) is 6.92 Å². The fraction of sp³-hybridized carbons (Fsp3) is 0.238. The Labute approximate surface area is 172 Å². The van der Waals surface area contributed by atoms with Crippen LogP contribution in [0.2, 0.25) is 5.02 Å². The number of fused-ring (bicyclic) bond motifs is 1. The molecule has 1 N–H and O–H groups in total. The summed E-state index contributed by atoms with van der Waals surface area (Å²) < 4.78 is 17.3. The molecule has 0 atom stereocenters. The first kappa shape index (κ1) is 20.5. The summed E-state index contributed by atoms with van der Waals surface area (Å²) in [5, 5.41) is 4.17. The van der Waals surface area contributed by atoms with Crippen LogP contribution in [0.1, 0.15) is 15.9 Å². The standard InChI is InChI=1S/C21H21ClN2O5/c1-11-6-16(17(27-3)9-15(11)22)23-20(25)14-10-24(2)21(26)13-8-19(29-5)18(28-4)7-12(13)14/h6-10H,1-5H3,(H,23,25). The third kappa shape index (κ3) is 3.73. The first-order valence-corrected chi connectivity index (χ1v) is 9.09. The van der Waals surface area contributed by atoms with Gasteiger partial charge in [-0.1, -0.05) is 11.6 Å². The van der Waals surface area contributed by atoms with Gasteiger partial charge in [0.15, 0.2) is 11.5 Å². The molecule has 0 spiro atoms. The van der Waals surface area contributed by atoms with E-state index in [0.717, 1.165) is 5.56 Å². The lowest BCUT2D eigenvalue weighted by Gasteiger charge is -2.15. The Bertz CT molecular complexity index is 1170. The largest absolute Gasteiger partial charge is 0.495 e. The van der Waals surface area contributed by atoms with E-state index >= 15 is 0 Å². The number of rotatable bonds is 5. The number of hydrogen-bond acceptors (Lipinski definition) is 5. The van der Waals surface area contributed by atoms with Crippen molar-refractivity contribution in [3.8, 4) is 17.2 Å². The van der Waals surface area contributed by atoms with E-state index in [1.54, 1.807) is 31.3 Å². The van der Waals surface area contributed by atoms with Crippen molar-refractivity contribution in [3.05, 3.63) is 57.0 Å². The molecule has 1 amide bonds. The van der Waals surface area contributed by atoms with Crippen molar-refractivity contribution >= 4 is 34.0 Å². The van der Waals surface area contributed by atoms with Crippen LogP contribution >= 0.6 is 11.6 Å². The second-order valence-electron chi connectivity index (χ2n) is 6.47. The number of carbonyl (C=O) groups is 1. The maximum Gasteiger partial charge on any atom is 0.258 e. The first-order chi connectivity index (χ1) is 13.8. The molecule has 0 aliphatic rings. The Morgan fingerprint density at radius 1 is 0.966 bits per heavy atom. The molecule has 152 valence electrons. The predicted molar refractivity (Wildman–Crippen MR) is 113 cm³/mol. The summed E-state index contributed by atoms with van der Waals surface area (Å²) in [6.07, 6.45) is 1.49. The molecule has 3 aromatic rings. The van der Waals surface area contributed by atoms with E-state index in [4.69, 9.17) is 25.8 Å². The lowest BCUT2D eigenvalue weighted by Crippen LogP contribution is -2.22. The van der Waals surface area contributed by atoms with Crippen molar-refractivity contribution in [1.82, 2.24) is 4.57 Å². The van der Waals surface area contributed by atoms with Gasteiger partial charge in [0, 0.05) is 29.7 Å². The van der Waals surface area contributed by atoms with E-state index in [1.165, 1.54) is 32.1 Å². The SMILES string of the molecule is COc1cc(Cl)c(C)cc1NC(=O)c1cn(C)c(=O)c2cc(OC)c(OC)cc12. The second kappa shape index (κ2) is 8.05. The Morgan fingerprint density at radius 2 is 1.55 bits per heavy atom. The number of carbonyl (C=O) groups excluding carboxylic acids is 1. The molecule has 3 rings (SSSR count). The highest BCUT2D eigenvalue weighted by molar-refractivity contribution is 6.31. The molecule has 0 fully saturated rings. The van der Waals surface area contributed by atoms with Crippen LogP contribution in [0.25, 0.3) is 10.8 Å². The normalized spacial score (nSPS) is 10.7. The highest BCUT2D eigenvalue weighted by Crippen LogP contribution is 2.34. The Morgan fingerprint density at radius 3 is 2.14 bits per heavy atom. The van der Waals surface area contributed by atoms with E-state index in [-0.39, 0.29) is 5.56 Å². The molecule has 0 saturated carbocycles. The Balaban J connectivity index is 2.17. The van der Waals surface area contributed by atoms with Gasteiger partial charge in [-0.3, -0.25) is 9.59 Å². The zero-order valence-electron chi connectivity index (χ0n) is 16.8. The summed E-state index contributed by atoms with van der Waals surface area (Å²) in [7, 11) is 6.06. The predicted octanol–water partition coefficient (Wildman–Crippen LogP) is 3.78. The van der Waals surface area contributed by atoms with Gasteiger partial charge < -0.3 is 24.1 Å².